The third kappa shape index (κ3) is 5.80. The van der Waals surface area contributed by atoms with E-state index in [0.717, 1.165) is 5.92 Å². The number of hydrogen-bond acceptors (Lipinski definition) is 3. The van der Waals surface area contributed by atoms with Crippen LogP contribution >= 0.6 is 0 Å². The average molecular weight is 269 g/mol. The first-order valence-corrected chi connectivity index (χ1v) is 8.27. The summed E-state index contributed by atoms with van der Waals surface area (Å²) in [4.78, 5) is 0. The van der Waals surface area contributed by atoms with Crippen LogP contribution in [-0.2, 0) is 4.74 Å². The van der Waals surface area contributed by atoms with Gasteiger partial charge in [0.05, 0.1) is 18.8 Å². The molecule has 3 heteroatoms. The summed E-state index contributed by atoms with van der Waals surface area (Å²) in [5.41, 5.74) is 0. The van der Waals surface area contributed by atoms with E-state index in [1.54, 1.807) is 0 Å². The smallest absolute Gasteiger partial charge is 0.0897 e. The van der Waals surface area contributed by atoms with Gasteiger partial charge in [-0.2, -0.15) is 0 Å². The van der Waals surface area contributed by atoms with Crippen LogP contribution in [0, 0.1) is 5.92 Å². The van der Waals surface area contributed by atoms with Gasteiger partial charge in [0, 0.05) is 12.6 Å². The van der Waals surface area contributed by atoms with Crippen molar-refractivity contribution in [2.75, 3.05) is 13.2 Å². The highest BCUT2D eigenvalue weighted by atomic mass is 16.5. The third-order valence-electron chi connectivity index (χ3n) is 4.66. The zero-order valence-corrected chi connectivity index (χ0v) is 12.4. The second-order valence-electron chi connectivity index (χ2n) is 6.62. The molecule has 0 heterocycles. The zero-order chi connectivity index (χ0) is 13.5. The van der Waals surface area contributed by atoms with E-state index in [1.165, 1.54) is 57.8 Å². The van der Waals surface area contributed by atoms with Gasteiger partial charge in [0.2, 0.25) is 0 Å². The fourth-order valence-corrected chi connectivity index (χ4v) is 3.45. The van der Waals surface area contributed by atoms with Crippen LogP contribution in [0.15, 0.2) is 0 Å². The summed E-state index contributed by atoms with van der Waals surface area (Å²) in [5, 5.41) is 13.5. The van der Waals surface area contributed by atoms with Crippen molar-refractivity contribution in [3.63, 3.8) is 0 Å². The Balaban J connectivity index is 1.54. The fraction of sp³-hybridized carbons (Fsp3) is 1.00. The lowest BCUT2D eigenvalue weighted by atomic mass is 9.89. The lowest BCUT2D eigenvalue weighted by molar-refractivity contribution is -0.0313. The lowest BCUT2D eigenvalue weighted by Crippen LogP contribution is -2.39. The maximum atomic E-state index is 9.99. The molecule has 3 nitrogen and oxygen atoms in total. The van der Waals surface area contributed by atoms with Crippen LogP contribution in [0.4, 0.5) is 0 Å². The SMILES string of the molecule is CC1CCCC(OCC(O)CNC2CCCCC2)C1. The predicted molar refractivity (Wildman–Crippen MR) is 78.3 cm³/mol. The molecule has 2 fully saturated rings. The van der Waals surface area contributed by atoms with Crippen LogP contribution in [-0.4, -0.2) is 36.5 Å². The molecule has 0 amide bonds. The van der Waals surface area contributed by atoms with Gasteiger partial charge in [0.1, 0.15) is 0 Å². The largest absolute Gasteiger partial charge is 0.389 e. The molecule has 112 valence electrons. The van der Waals surface area contributed by atoms with E-state index in [4.69, 9.17) is 4.74 Å². The van der Waals surface area contributed by atoms with Crippen molar-refractivity contribution in [3.8, 4) is 0 Å². The van der Waals surface area contributed by atoms with Crippen molar-refractivity contribution >= 4 is 0 Å². The van der Waals surface area contributed by atoms with Crippen molar-refractivity contribution in [1.29, 1.82) is 0 Å². The number of aliphatic hydroxyl groups excluding tert-OH is 1. The van der Waals surface area contributed by atoms with Crippen molar-refractivity contribution in [3.05, 3.63) is 0 Å². The summed E-state index contributed by atoms with van der Waals surface area (Å²) >= 11 is 0. The van der Waals surface area contributed by atoms with Gasteiger partial charge in [-0.1, -0.05) is 39.0 Å². The zero-order valence-electron chi connectivity index (χ0n) is 12.4. The summed E-state index contributed by atoms with van der Waals surface area (Å²) in [6.07, 6.45) is 11.6. The monoisotopic (exact) mass is 269 g/mol. The maximum absolute atomic E-state index is 9.99. The van der Waals surface area contributed by atoms with E-state index < -0.39 is 0 Å². The summed E-state index contributed by atoms with van der Waals surface area (Å²) in [6, 6.07) is 0.623. The minimum atomic E-state index is -0.348. The normalized spacial score (nSPS) is 31.3. The van der Waals surface area contributed by atoms with E-state index in [2.05, 4.69) is 12.2 Å². The first-order valence-electron chi connectivity index (χ1n) is 8.27. The third-order valence-corrected chi connectivity index (χ3v) is 4.66. The molecule has 0 aromatic carbocycles. The Labute approximate surface area is 118 Å². The second-order valence-corrected chi connectivity index (χ2v) is 6.62. The Kier molecular flexibility index (Phi) is 6.62. The Morgan fingerprint density at radius 1 is 1.11 bits per heavy atom. The minimum Gasteiger partial charge on any atom is -0.389 e. The molecule has 2 N–H and O–H groups in total. The van der Waals surface area contributed by atoms with Gasteiger partial charge >= 0.3 is 0 Å². The highest BCUT2D eigenvalue weighted by Gasteiger charge is 2.20. The molecule has 3 atom stereocenters. The lowest BCUT2D eigenvalue weighted by Gasteiger charge is -2.28. The number of rotatable bonds is 6. The van der Waals surface area contributed by atoms with Gasteiger partial charge in [-0.3, -0.25) is 0 Å². The molecule has 0 aromatic rings. The quantitative estimate of drug-likeness (QED) is 0.779. The molecule has 0 aromatic heterocycles. The maximum Gasteiger partial charge on any atom is 0.0897 e. The van der Waals surface area contributed by atoms with E-state index in [-0.39, 0.29) is 6.10 Å². The summed E-state index contributed by atoms with van der Waals surface area (Å²) in [5.74, 6) is 0.788. The standard InChI is InChI=1S/C16H31NO2/c1-13-6-5-9-16(10-13)19-12-15(18)11-17-14-7-3-2-4-8-14/h13-18H,2-12H2,1H3. The molecular weight excluding hydrogens is 238 g/mol. The first-order chi connectivity index (χ1) is 9.24. The van der Waals surface area contributed by atoms with Gasteiger partial charge in [-0.05, 0) is 31.6 Å². The molecule has 0 aliphatic heterocycles. The molecule has 0 spiro atoms. The number of nitrogens with one attached hydrogen (secondary N) is 1. The molecular formula is C16H31NO2. The molecule has 3 unspecified atom stereocenters. The Bertz CT molecular complexity index is 241. The van der Waals surface area contributed by atoms with Gasteiger partial charge < -0.3 is 15.2 Å². The molecule has 0 bridgehead atoms. The van der Waals surface area contributed by atoms with Crippen molar-refractivity contribution < 1.29 is 9.84 Å². The predicted octanol–water partition coefficient (Wildman–Crippen LogP) is 2.86. The Morgan fingerprint density at radius 3 is 2.63 bits per heavy atom. The van der Waals surface area contributed by atoms with E-state index in [0.29, 0.717) is 25.3 Å². The van der Waals surface area contributed by atoms with Crippen molar-refractivity contribution in [1.82, 2.24) is 5.32 Å². The van der Waals surface area contributed by atoms with Crippen LogP contribution in [0.1, 0.15) is 64.7 Å². The Morgan fingerprint density at radius 2 is 1.89 bits per heavy atom. The van der Waals surface area contributed by atoms with E-state index in [9.17, 15) is 5.11 Å². The van der Waals surface area contributed by atoms with Crippen LogP contribution in [0.2, 0.25) is 0 Å². The summed E-state index contributed by atoms with van der Waals surface area (Å²) in [7, 11) is 0. The molecule has 2 aliphatic carbocycles. The van der Waals surface area contributed by atoms with E-state index >= 15 is 0 Å². The topological polar surface area (TPSA) is 41.5 Å². The van der Waals surface area contributed by atoms with E-state index in [1.807, 2.05) is 0 Å². The van der Waals surface area contributed by atoms with Gasteiger partial charge in [-0.25, -0.2) is 0 Å². The summed E-state index contributed by atoms with van der Waals surface area (Å²) < 4.78 is 5.87. The number of aliphatic hydroxyl groups is 1. The second kappa shape index (κ2) is 8.23. The number of hydrogen-bond donors (Lipinski definition) is 2. The van der Waals surface area contributed by atoms with Gasteiger partial charge in [0.25, 0.3) is 0 Å². The average Bonchev–Trinajstić information content (AvgIpc) is 2.44. The molecule has 0 radical (unpaired) electrons. The van der Waals surface area contributed by atoms with Crippen molar-refractivity contribution in [2.45, 2.75) is 83.0 Å². The number of ether oxygens (including phenoxy) is 1. The molecule has 2 rings (SSSR count). The molecule has 0 saturated heterocycles. The molecule has 2 saturated carbocycles. The van der Waals surface area contributed by atoms with Crippen LogP contribution in [0.25, 0.3) is 0 Å². The highest BCUT2D eigenvalue weighted by molar-refractivity contribution is 4.74. The molecule has 19 heavy (non-hydrogen) atoms. The van der Waals surface area contributed by atoms with Crippen LogP contribution in [0.3, 0.4) is 0 Å². The highest BCUT2D eigenvalue weighted by Crippen LogP contribution is 2.25. The van der Waals surface area contributed by atoms with Gasteiger partial charge in [0.15, 0.2) is 0 Å². The summed E-state index contributed by atoms with van der Waals surface area (Å²) in [6.45, 7) is 3.49. The minimum absolute atomic E-state index is 0.348. The van der Waals surface area contributed by atoms with Crippen LogP contribution in [0.5, 0.6) is 0 Å². The van der Waals surface area contributed by atoms with Gasteiger partial charge in [-0.15, -0.1) is 0 Å². The molecule has 2 aliphatic rings. The first kappa shape index (κ1) is 15.3. The Hall–Kier alpha value is -0.120. The van der Waals surface area contributed by atoms with Crippen LogP contribution < -0.4 is 5.32 Å². The fourth-order valence-electron chi connectivity index (χ4n) is 3.45. The van der Waals surface area contributed by atoms with Crippen molar-refractivity contribution in [2.24, 2.45) is 5.92 Å².